The van der Waals surface area contributed by atoms with Crippen LogP contribution in [0.3, 0.4) is 0 Å². The van der Waals surface area contributed by atoms with E-state index in [9.17, 15) is 18.0 Å². The molecule has 0 radical (unpaired) electrons. The highest BCUT2D eigenvalue weighted by Crippen LogP contribution is 2.35. The largest absolute Gasteiger partial charge is 0.416 e. The number of aromatic nitrogens is 1. The molecule has 1 aromatic heterocycles. The quantitative estimate of drug-likeness (QED) is 0.802. The van der Waals surface area contributed by atoms with E-state index in [2.05, 4.69) is 4.98 Å². The van der Waals surface area contributed by atoms with Crippen molar-refractivity contribution in [1.82, 2.24) is 9.88 Å². The Hall–Kier alpha value is -1.89. The summed E-state index contributed by atoms with van der Waals surface area (Å²) in [5.41, 5.74) is 0.677. The fourth-order valence-electron chi connectivity index (χ4n) is 2.70. The number of carbonyl (C=O) groups excluding carboxylic acids is 1. The fraction of sp³-hybridized carbons (Fsp3) is 0.412. The second-order valence-corrected chi connectivity index (χ2v) is 7.22. The van der Waals surface area contributed by atoms with E-state index in [4.69, 9.17) is 0 Å². The number of rotatable bonds is 2. The van der Waals surface area contributed by atoms with Crippen LogP contribution in [0.15, 0.2) is 24.3 Å². The minimum absolute atomic E-state index is 0.0672. The lowest BCUT2D eigenvalue weighted by atomic mass is 10.1. The van der Waals surface area contributed by atoms with E-state index < -0.39 is 11.7 Å². The minimum Gasteiger partial charge on any atom is -0.337 e. The van der Waals surface area contributed by atoms with Crippen LogP contribution in [0.1, 0.15) is 30.0 Å². The molecule has 0 saturated carbocycles. The standard InChI is InChI=1S/C17H17F3N2OS/c1-10(2)16(23)22-7-6-13-14(9-22)24-15(21-13)11-4-3-5-12(8-11)17(18,19)20/h3-5,8,10H,6-7,9H2,1-2H3. The first-order valence-electron chi connectivity index (χ1n) is 7.70. The second kappa shape index (κ2) is 6.20. The van der Waals surface area contributed by atoms with Gasteiger partial charge >= 0.3 is 6.18 Å². The predicted octanol–water partition coefficient (Wildman–Crippen LogP) is 4.37. The van der Waals surface area contributed by atoms with Crippen molar-refractivity contribution in [3.63, 3.8) is 0 Å². The van der Waals surface area contributed by atoms with Crippen molar-refractivity contribution in [2.75, 3.05) is 6.54 Å². The molecule has 0 unspecified atom stereocenters. The molecule has 1 amide bonds. The summed E-state index contributed by atoms with van der Waals surface area (Å²) < 4.78 is 38.6. The Bertz CT molecular complexity index is 767. The van der Waals surface area contributed by atoms with Crippen LogP contribution in [0.25, 0.3) is 10.6 Å². The van der Waals surface area contributed by atoms with Crippen molar-refractivity contribution < 1.29 is 18.0 Å². The maximum Gasteiger partial charge on any atom is 0.416 e. The molecular weight excluding hydrogens is 337 g/mol. The van der Waals surface area contributed by atoms with Crippen LogP contribution in [0.4, 0.5) is 13.2 Å². The molecule has 0 aliphatic carbocycles. The van der Waals surface area contributed by atoms with Crippen LogP contribution < -0.4 is 0 Å². The molecule has 24 heavy (non-hydrogen) atoms. The SMILES string of the molecule is CC(C)C(=O)N1CCc2nc(-c3cccc(C(F)(F)F)c3)sc2C1. The third kappa shape index (κ3) is 3.31. The first-order chi connectivity index (χ1) is 11.3. The number of fused-ring (bicyclic) bond motifs is 1. The molecule has 0 bridgehead atoms. The van der Waals surface area contributed by atoms with Crippen molar-refractivity contribution in [3.05, 3.63) is 40.4 Å². The fourth-order valence-corrected chi connectivity index (χ4v) is 3.82. The average molecular weight is 354 g/mol. The molecule has 128 valence electrons. The van der Waals surface area contributed by atoms with Gasteiger partial charge in [-0.05, 0) is 12.1 Å². The molecular formula is C17H17F3N2OS. The number of nitrogens with zero attached hydrogens (tertiary/aromatic N) is 2. The zero-order valence-corrected chi connectivity index (χ0v) is 14.2. The first-order valence-corrected chi connectivity index (χ1v) is 8.52. The second-order valence-electron chi connectivity index (χ2n) is 6.13. The molecule has 1 aliphatic heterocycles. The normalized spacial score (nSPS) is 14.8. The Balaban J connectivity index is 1.88. The lowest BCUT2D eigenvalue weighted by molar-refractivity contribution is -0.137. The van der Waals surface area contributed by atoms with E-state index in [1.54, 1.807) is 11.0 Å². The Morgan fingerprint density at radius 1 is 1.33 bits per heavy atom. The van der Waals surface area contributed by atoms with Gasteiger partial charge in [0.2, 0.25) is 5.91 Å². The van der Waals surface area contributed by atoms with Gasteiger partial charge in [-0.2, -0.15) is 13.2 Å². The van der Waals surface area contributed by atoms with E-state index in [0.717, 1.165) is 22.7 Å². The molecule has 0 N–H and O–H groups in total. The van der Waals surface area contributed by atoms with Crippen molar-refractivity contribution in [2.24, 2.45) is 5.92 Å². The minimum atomic E-state index is -4.37. The number of halogens is 3. The summed E-state index contributed by atoms with van der Waals surface area (Å²) in [5, 5.41) is 0.574. The third-order valence-corrected chi connectivity index (χ3v) is 5.11. The smallest absolute Gasteiger partial charge is 0.337 e. The van der Waals surface area contributed by atoms with E-state index in [0.29, 0.717) is 30.1 Å². The molecule has 2 heterocycles. The van der Waals surface area contributed by atoms with Gasteiger partial charge in [0.25, 0.3) is 0 Å². The van der Waals surface area contributed by atoms with Gasteiger partial charge in [-0.3, -0.25) is 4.79 Å². The van der Waals surface area contributed by atoms with E-state index in [1.165, 1.54) is 17.4 Å². The molecule has 0 atom stereocenters. The van der Waals surface area contributed by atoms with E-state index in [-0.39, 0.29) is 11.8 Å². The number of hydrogen-bond donors (Lipinski definition) is 0. The summed E-state index contributed by atoms with van der Waals surface area (Å²) in [6.45, 7) is 4.82. The number of amides is 1. The monoisotopic (exact) mass is 354 g/mol. The summed E-state index contributed by atoms with van der Waals surface area (Å²) in [5.74, 6) is 0.0251. The summed E-state index contributed by atoms with van der Waals surface area (Å²) in [6, 6.07) is 5.21. The summed E-state index contributed by atoms with van der Waals surface area (Å²) in [4.78, 5) is 19.4. The zero-order valence-electron chi connectivity index (χ0n) is 13.4. The maximum absolute atomic E-state index is 12.9. The molecule has 3 nitrogen and oxygen atoms in total. The van der Waals surface area contributed by atoms with Gasteiger partial charge in [0, 0.05) is 29.3 Å². The zero-order chi connectivity index (χ0) is 17.5. The van der Waals surface area contributed by atoms with Gasteiger partial charge in [0.1, 0.15) is 5.01 Å². The number of alkyl halides is 3. The highest BCUT2D eigenvalue weighted by atomic mass is 32.1. The number of carbonyl (C=O) groups is 1. The first kappa shape index (κ1) is 17.0. The average Bonchev–Trinajstić information content (AvgIpc) is 2.96. The molecule has 1 aliphatic rings. The Morgan fingerprint density at radius 3 is 2.75 bits per heavy atom. The van der Waals surface area contributed by atoms with Crippen LogP contribution >= 0.6 is 11.3 Å². The number of benzene rings is 1. The molecule has 1 aromatic carbocycles. The van der Waals surface area contributed by atoms with Crippen molar-refractivity contribution >= 4 is 17.2 Å². The van der Waals surface area contributed by atoms with Gasteiger partial charge in [-0.15, -0.1) is 11.3 Å². The topological polar surface area (TPSA) is 33.2 Å². The van der Waals surface area contributed by atoms with Crippen LogP contribution in [-0.2, 0) is 23.9 Å². The summed E-state index contributed by atoms with van der Waals surface area (Å²) in [7, 11) is 0. The number of thiazole rings is 1. The van der Waals surface area contributed by atoms with Gasteiger partial charge in [0.15, 0.2) is 0 Å². The van der Waals surface area contributed by atoms with Crippen LogP contribution in [0.2, 0.25) is 0 Å². The van der Waals surface area contributed by atoms with Gasteiger partial charge in [-0.25, -0.2) is 4.98 Å². The van der Waals surface area contributed by atoms with Crippen LogP contribution in [-0.4, -0.2) is 22.3 Å². The Kier molecular flexibility index (Phi) is 4.38. The van der Waals surface area contributed by atoms with Crippen molar-refractivity contribution in [3.8, 4) is 10.6 Å². The predicted molar refractivity (Wildman–Crippen MR) is 86.5 cm³/mol. The highest BCUT2D eigenvalue weighted by molar-refractivity contribution is 7.15. The lowest BCUT2D eigenvalue weighted by Gasteiger charge is -2.27. The van der Waals surface area contributed by atoms with Crippen molar-refractivity contribution in [1.29, 1.82) is 0 Å². The Labute approximate surface area is 142 Å². The molecule has 7 heteroatoms. The lowest BCUT2D eigenvalue weighted by Crippen LogP contribution is -2.37. The van der Waals surface area contributed by atoms with Crippen LogP contribution in [0, 0.1) is 5.92 Å². The molecule has 0 saturated heterocycles. The van der Waals surface area contributed by atoms with Crippen molar-refractivity contribution in [2.45, 2.75) is 33.0 Å². The molecule has 2 aromatic rings. The van der Waals surface area contributed by atoms with Gasteiger partial charge in [0.05, 0.1) is 17.8 Å². The molecule has 3 rings (SSSR count). The highest BCUT2D eigenvalue weighted by Gasteiger charge is 2.31. The van der Waals surface area contributed by atoms with Gasteiger partial charge < -0.3 is 4.90 Å². The summed E-state index contributed by atoms with van der Waals surface area (Å²) in [6.07, 6.45) is -3.73. The summed E-state index contributed by atoms with van der Waals surface area (Å²) >= 11 is 1.37. The van der Waals surface area contributed by atoms with E-state index in [1.807, 2.05) is 13.8 Å². The number of hydrogen-bond acceptors (Lipinski definition) is 3. The maximum atomic E-state index is 12.9. The third-order valence-electron chi connectivity index (χ3n) is 3.97. The van der Waals surface area contributed by atoms with Gasteiger partial charge in [-0.1, -0.05) is 26.0 Å². The molecule has 0 spiro atoms. The van der Waals surface area contributed by atoms with E-state index >= 15 is 0 Å². The van der Waals surface area contributed by atoms with Crippen LogP contribution in [0.5, 0.6) is 0 Å². The molecule has 0 fully saturated rings. The Morgan fingerprint density at radius 2 is 2.08 bits per heavy atom.